The number of benzene rings is 1. The maximum absolute atomic E-state index is 12.5. The molecule has 1 unspecified atom stereocenters. The number of aromatic nitrogens is 1. The quantitative estimate of drug-likeness (QED) is 0.686. The fourth-order valence-corrected chi connectivity index (χ4v) is 5.79. The zero-order valence-electron chi connectivity index (χ0n) is 16.8. The van der Waals surface area contributed by atoms with Crippen molar-refractivity contribution in [3.63, 3.8) is 0 Å². The molecule has 2 aromatic rings. The van der Waals surface area contributed by atoms with Crippen molar-refractivity contribution < 1.29 is 9.53 Å². The molecule has 0 spiro atoms. The van der Waals surface area contributed by atoms with Crippen LogP contribution in [0.15, 0.2) is 28.9 Å². The van der Waals surface area contributed by atoms with Gasteiger partial charge in [-0.15, -0.1) is 0 Å². The molecule has 2 N–H and O–H groups in total. The van der Waals surface area contributed by atoms with Crippen molar-refractivity contribution in [1.82, 2.24) is 15.2 Å². The molecule has 0 bridgehead atoms. The van der Waals surface area contributed by atoms with Gasteiger partial charge >= 0.3 is 5.97 Å². The van der Waals surface area contributed by atoms with E-state index in [9.17, 15) is 4.79 Å². The normalized spacial score (nSPS) is 27.2. The zero-order valence-corrected chi connectivity index (χ0v) is 18.4. The van der Waals surface area contributed by atoms with Crippen molar-refractivity contribution in [2.45, 2.75) is 44.2 Å². The van der Waals surface area contributed by atoms with Crippen molar-refractivity contribution in [2.75, 3.05) is 26.7 Å². The SMILES string of the molecule is CN1C[C@H](COC(=O)C2CCCCCN2)C=C2c3cccc4[nH]c(Br)c(c34)C[C@H]21. The lowest BCUT2D eigenvalue weighted by atomic mass is 9.80. The van der Waals surface area contributed by atoms with Crippen LogP contribution in [-0.2, 0) is 16.0 Å². The van der Waals surface area contributed by atoms with Gasteiger partial charge in [0, 0.05) is 29.4 Å². The summed E-state index contributed by atoms with van der Waals surface area (Å²) in [4.78, 5) is 18.4. The largest absolute Gasteiger partial charge is 0.464 e. The van der Waals surface area contributed by atoms with Crippen LogP contribution in [0, 0.1) is 5.92 Å². The summed E-state index contributed by atoms with van der Waals surface area (Å²) in [5.41, 5.74) is 5.23. The molecule has 3 aliphatic rings. The van der Waals surface area contributed by atoms with Crippen molar-refractivity contribution in [3.8, 4) is 0 Å². The molecule has 1 fully saturated rings. The van der Waals surface area contributed by atoms with E-state index in [1.807, 2.05) is 0 Å². The fourth-order valence-electron chi connectivity index (χ4n) is 5.22. The highest BCUT2D eigenvalue weighted by atomic mass is 79.9. The minimum Gasteiger partial charge on any atom is -0.464 e. The van der Waals surface area contributed by atoms with E-state index in [0.717, 1.165) is 43.4 Å². The molecule has 5 nitrogen and oxygen atoms in total. The van der Waals surface area contributed by atoms with E-state index in [1.54, 1.807) is 0 Å². The van der Waals surface area contributed by atoms with Crippen LogP contribution < -0.4 is 5.32 Å². The average Bonchev–Trinajstić information content (AvgIpc) is 2.89. The first-order chi connectivity index (χ1) is 14.1. The Labute approximate surface area is 180 Å². The number of nitrogens with zero attached hydrogens (tertiary/aromatic N) is 1. The first kappa shape index (κ1) is 19.3. The summed E-state index contributed by atoms with van der Waals surface area (Å²) in [6, 6.07) is 6.72. The Morgan fingerprint density at radius 2 is 2.21 bits per heavy atom. The molecule has 3 heterocycles. The van der Waals surface area contributed by atoms with Gasteiger partial charge in [-0.2, -0.15) is 0 Å². The summed E-state index contributed by atoms with van der Waals surface area (Å²) in [5.74, 6) is 0.137. The number of carbonyl (C=O) groups is 1. The smallest absolute Gasteiger partial charge is 0.323 e. The second-order valence-electron chi connectivity index (χ2n) is 8.67. The summed E-state index contributed by atoms with van der Waals surface area (Å²) < 4.78 is 6.86. The number of likely N-dealkylation sites (N-methyl/N-ethyl adjacent to an activating group) is 1. The predicted molar refractivity (Wildman–Crippen MR) is 119 cm³/mol. The first-order valence-corrected chi connectivity index (χ1v) is 11.5. The van der Waals surface area contributed by atoms with Gasteiger partial charge in [-0.1, -0.05) is 31.1 Å². The third kappa shape index (κ3) is 3.56. The molecule has 1 aliphatic carbocycles. The number of carbonyl (C=O) groups excluding carboxylic acids is 1. The Balaban J connectivity index is 1.37. The number of fused-ring (bicyclic) bond motifs is 2. The zero-order chi connectivity index (χ0) is 20.0. The number of hydrogen-bond donors (Lipinski definition) is 2. The second kappa shape index (κ2) is 7.89. The molecule has 1 saturated heterocycles. The van der Waals surface area contributed by atoms with Crippen LogP contribution in [0.3, 0.4) is 0 Å². The van der Waals surface area contributed by atoms with Gasteiger partial charge in [-0.25, -0.2) is 0 Å². The number of hydrogen-bond acceptors (Lipinski definition) is 4. The van der Waals surface area contributed by atoms with Crippen molar-refractivity contribution in [2.24, 2.45) is 5.92 Å². The lowest BCUT2D eigenvalue weighted by Crippen LogP contribution is -2.44. The molecule has 6 heteroatoms. The molecule has 0 radical (unpaired) electrons. The number of halogens is 1. The van der Waals surface area contributed by atoms with Crippen LogP contribution in [0.5, 0.6) is 0 Å². The van der Waals surface area contributed by atoms with Gasteiger partial charge in [0.05, 0.1) is 11.2 Å². The second-order valence-corrected chi connectivity index (χ2v) is 9.47. The van der Waals surface area contributed by atoms with Crippen LogP contribution in [0.1, 0.15) is 36.8 Å². The average molecular weight is 458 g/mol. The fraction of sp³-hybridized carbons (Fsp3) is 0.522. The summed E-state index contributed by atoms with van der Waals surface area (Å²) in [5, 5.41) is 4.67. The molecule has 29 heavy (non-hydrogen) atoms. The van der Waals surface area contributed by atoms with Crippen molar-refractivity contribution in [1.29, 1.82) is 0 Å². The van der Waals surface area contributed by atoms with Crippen LogP contribution in [0.25, 0.3) is 16.5 Å². The third-order valence-corrected chi connectivity index (χ3v) is 7.37. The predicted octanol–water partition coefficient (Wildman–Crippen LogP) is 3.88. The van der Waals surface area contributed by atoms with Gasteiger partial charge in [0.15, 0.2) is 0 Å². The Hall–Kier alpha value is -1.63. The molecular weight excluding hydrogens is 430 g/mol. The molecule has 1 aromatic carbocycles. The van der Waals surface area contributed by atoms with E-state index in [0.29, 0.717) is 12.6 Å². The lowest BCUT2D eigenvalue weighted by Gasteiger charge is -2.39. The summed E-state index contributed by atoms with van der Waals surface area (Å²) >= 11 is 3.71. The molecule has 2 aliphatic heterocycles. The first-order valence-electron chi connectivity index (χ1n) is 10.7. The maximum atomic E-state index is 12.5. The summed E-state index contributed by atoms with van der Waals surface area (Å²) in [7, 11) is 2.19. The van der Waals surface area contributed by atoms with Crippen LogP contribution in [0.4, 0.5) is 0 Å². The van der Waals surface area contributed by atoms with Crippen LogP contribution >= 0.6 is 15.9 Å². The van der Waals surface area contributed by atoms with Crippen LogP contribution in [-0.4, -0.2) is 54.7 Å². The Morgan fingerprint density at radius 1 is 1.31 bits per heavy atom. The number of H-pyrrole nitrogens is 1. The molecule has 1 aromatic heterocycles. The highest BCUT2D eigenvalue weighted by molar-refractivity contribution is 9.10. The molecular formula is C23H28BrN3O2. The van der Waals surface area contributed by atoms with E-state index in [1.165, 1.54) is 34.0 Å². The van der Waals surface area contributed by atoms with Crippen molar-refractivity contribution in [3.05, 3.63) is 40.0 Å². The number of nitrogens with one attached hydrogen (secondary N) is 2. The molecule has 3 atom stereocenters. The summed E-state index contributed by atoms with van der Waals surface area (Å²) in [6.07, 6.45) is 7.69. The number of aromatic amines is 1. The number of rotatable bonds is 3. The minimum absolute atomic E-state index is 0.0855. The van der Waals surface area contributed by atoms with E-state index >= 15 is 0 Å². The van der Waals surface area contributed by atoms with Crippen molar-refractivity contribution >= 4 is 38.4 Å². The molecule has 0 saturated carbocycles. The monoisotopic (exact) mass is 457 g/mol. The van der Waals surface area contributed by atoms with Crippen LogP contribution in [0.2, 0.25) is 0 Å². The Bertz CT molecular complexity index is 958. The van der Waals surface area contributed by atoms with E-state index in [2.05, 4.69) is 62.5 Å². The lowest BCUT2D eigenvalue weighted by molar-refractivity contribution is -0.147. The molecule has 154 valence electrons. The summed E-state index contributed by atoms with van der Waals surface area (Å²) in [6.45, 7) is 2.28. The highest BCUT2D eigenvalue weighted by Gasteiger charge is 2.35. The minimum atomic E-state index is -0.137. The topological polar surface area (TPSA) is 57.4 Å². The van der Waals surface area contributed by atoms with E-state index in [-0.39, 0.29) is 17.9 Å². The Morgan fingerprint density at radius 3 is 3.10 bits per heavy atom. The van der Waals surface area contributed by atoms with Gasteiger partial charge < -0.3 is 15.0 Å². The molecule has 0 amide bonds. The number of ether oxygens (including phenoxy) is 1. The van der Waals surface area contributed by atoms with Gasteiger partial charge in [-0.3, -0.25) is 9.69 Å². The standard InChI is InChI=1S/C23H28BrN3O2/c1-27-12-14(13-29-23(28)19-7-3-2-4-9-25-19)10-16-15-6-5-8-18-21(15)17(11-20(16)27)22(24)26-18/h5-6,8,10,14,19-20,25-26H,2-4,7,9,11-13H2,1H3/t14-,19?,20-/m1/s1. The Kier molecular flexibility index (Phi) is 5.26. The molecule has 5 rings (SSSR count). The van der Waals surface area contributed by atoms with Gasteiger partial charge in [0.2, 0.25) is 0 Å². The number of esters is 1. The van der Waals surface area contributed by atoms with E-state index < -0.39 is 0 Å². The van der Waals surface area contributed by atoms with E-state index in [4.69, 9.17) is 4.74 Å². The highest BCUT2D eigenvalue weighted by Crippen LogP contribution is 2.43. The third-order valence-electron chi connectivity index (χ3n) is 6.70. The van der Waals surface area contributed by atoms with Gasteiger partial charge in [0.1, 0.15) is 6.04 Å². The maximum Gasteiger partial charge on any atom is 0.323 e. The van der Waals surface area contributed by atoms with Gasteiger partial charge in [-0.05, 0) is 71.6 Å². The van der Waals surface area contributed by atoms with Gasteiger partial charge in [0.25, 0.3) is 0 Å².